The number of nitrogens with two attached hydrogens (primary N) is 1. The number of ether oxygens (including phenoxy) is 1. The fourth-order valence-corrected chi connectivity index (χ4v) is 1.06. The van der Waals surface area contributed by atoms with E-state index in [4.69, 9.17) is 10.5 Å². The Balaban J connectivity index is 2.53. The van der Waals surface area contributed by atoms with Crippen LogP contribution in [0.1, 0.15) is 6.42 Å². The summed E-state index contributed by atoms with van der Waals surface area (Å²) in [5.74, 6) is 0.378. The van der Waals surface area contributed by atoms with Gasteiger partial charge in [-0.1, -0.05) is 12.1 Å². The lowest BCUT2D eigenvalue weighted by Gasteiger charge is -2.09. The van der Waals surface area contributed by atoms with Crippen LogP contribution < -0.4 is 15.8 Å². The van der Waals surface area contributed by atoms with Gasteiger partial charge in [-0.3, -0.25) is 4.79 Å². The Morgan fingerprint density at radius 3 is 2.86 bits per heavy atom. The van der Waals surface area contributed by atoms with Gasteiger partial charge in [0.25, 0.3) is 0 Å². The van der Waals surface area contributed by atoms with Gasteiger partial charge in [0.1, 0.15) is 5.75 Å². The molecule has 0 heterocycles. The molecule has 0 saturated heterocycles. The first-order chi connectivity index (χ1) is 6.74. The first-order valence-electron chi connectivity index (χ1n) is 4.42. The maximum Gasteiger partial charge on any atom is 0.220 e. The number of rotatable bonds is 5. The fraction of sp³-hybridized carbons (Fsp3) is 0.300. The second-order valence-corrected chi connectivity index (χ2v) is 2.81. The zero-order valence-electron chi connectivity index (χ0n) is 8.12. The van der Waals surface area contributed by atoms with Crippen molar-refractivity contribution >= 4 is 11.6 Å². The molecule has 0 radical (unpaired) electrons. The van der Waals surface area contributed by atoms with Crippen molar-refractivity contribution in [3.63, 3.8) is 0 Å². The molecule has 0 fully saturated rings. The van der Waals surface area contributed by atoms with Crippen LogP contribution in [-0.2, 0) is 4.79 Å². The molecule has 0 aliphatic rings. The van der Waals surface area contributed by atoms with Crippen LogP contribution in [0.5, 0.6) is 5.75 Å². The van der Waals surface area contributed by atoms with Gasteiger partial charge in [0, 0.05) is 7.05 Å². The minimum absolute atomic E-state index is 0.234. The average molecular weight is 194 g/mol. The smallest absolute Gasteiger partial charge is 0.220 e. The van der Waals surface area contributed by atoms with Crippen LogP contribution in [-0.4, -0.2) is 19.6 Å². The third-order valence-electron chi connectivity index (χ3n) is 1.76. The highest BCUT2D eigenvalue weighted by Gasteiger charge is 2.01. The van der Waals surface area contributed by atoms with E-state index in [1.807, 2.05) is 31.3 Å². The number of primary amides is 1. The summed E-state index contributed by atoms with van der Waals surface area (Å²) >= 11 is 0. The van der Waals surface area contributed by atoms with Gasteiger partial charge in [-0.25, -0.2) is 0 Å². The average Bonchev–Trinajstić information content (AvgIpc) is 2.18. The van der Waals surface area contributed by atoms with E-state index in [1.54, 1.807) is 0 Å². The molecule has 0 aliphatic carbocycles. The second kappa shape index (κ2) is 5.11. The third kappa shape index (κ3) is 2.97. The maximum absolute atomic E-state index is 10.5. The van der Waals surface area contributed by atoms with Crippen LogP contribution in [0.3, 0.4) is 0 Å². The van der Waals surface area contributed by atoms with E-state index >= 15 is 0 Å². The SMILES string of the molecule is CNc1ccccc1OCCC(N)=O. The molecule has 1 rings (SSSR count). The number of amides is 1. The van der Waals surface area contributed by atoms with Crippen LogP contribution in [0, 0.1) is 0 Å². The molecule has 1 amide bonds. The van der Waals surface area contributed by atoms with Crippen molar-refractivity contribution in [2.24, 2.45) is 5.73 Å². The lowest BCUT2D eigenvalue weighted by molar-refractivity contribution is -0.118. The topological polar surface area (TPSA) is 64.3 Å². The van der Waals surface area contributed by atoms with E-state index in [1.165, 1.54) is 0 Å². The molecule has 14 heavy (non-hydrogen) atoms. The molecule has 4 nitrogen and oxygen atoms in total. The van der Waals surface area contributed by atoms with Crippen molar-refractivity contribution in [1.29, 1.82) is 0 Å². The summed E-state index contributed by atoms with van der Waals surface area (Å²) in [6.45, 7) is 0.314. The van der Waals surface area contributed by atoms with Gasteiger partial charge in [-0.2, -0.15) is 0 Å². The van der Waals surface area contributed by atoms with Crippen LogP contribution >= 0.6 is 0 Å². The highest BCUT2D eigenvalue weighted by Crippen LogP contribution is 2.22. The standard InChI is InChI=1S/C10H14N2O2/c1-12-8-4-2-3-5-9(8)14-7-6-10(11)13/h2-5,12H,6-7H2,1H3,(H2,11,13). The first-order valence-corrected chi connectivity index (χ1v) is 4.42. The lowest BCUT2D eigenvalue weighted by Crippen LogP contribution is -2.14. The minimum atomic E-state index is -0.355. The summed E-state index contributed by atoms with van der Waals surface area (Å²) in [4.78, 5) is 10.5. The zero-order chi connectivity index (χ0) is 10.4. The molecule has 3 N–H and O–H groups in total. The fourth-order valence-electron chi connectivity index (χ4n) is 1.06. The molecule has 0 spiro atoms. The largest absolute Gasteiger partial charge is 0.491 e. The van der Waals surface area contributed by atoms with Crippen LogP contribution in [0.2, 0.25) is 0 Å². The van der Waals surface area contributed by atoms with E-state index in [9.17, 15) is 4.79 Å². The number of hydrogen-bond donors (Lipinski definition) is 2. The number of carbonyl (C=O) groups is 1. The van der Waals surface area contributed by atoms with Gasteiger partial charge < -0.3 is 15.8 Å². The first kappa shape index (κ1) is 10.4. The van der Waals surface area contributed by atoms with Gasteiger partial charge in [-0.15, -0.1) is 0 Å². The summed E-state index contributed by atoms with van der Waals surface area (Å²) in [7, 11) is 1.82. The molecule has 0 saturated carbocycles. The van der Waals surface area contributed by atoms with Gasteiger partial charge in [-0.05, 0) is 12.1 Å². The third-order valence-corrected chi connectivity index (χ3v) is 1.76. The monoisotopic (exact) mass is 194 g/mol. The zero-order valence-corrected chi connectivity index (χ0v) is 8.12. The van der Waals surface area contributed by atoms with Crippen molar-refractivity contribution in [2.75, 3.05) is 19.0 Å². The van der Waals surface area contributed by atoms with Crippen molar-refractivity contribution in [1.82, 2.24) is 0 Å². The molecule has 0 aliphatic heterocycles. The van der Waals surface area contributed by atoms with Gasteiger partial charge >= 0.3 is 0 Å². The number of carbonyl (C=O) groups excluding carboxylic acids is 1. The highest BCUT2D eigenvalue weighted by molar-refractivity contribution is 5.73. The number of para-hydroxylation sites is 2. The highest BCUT2D eigenvalue weighted by atomic mass is 16.5. The van der Waals surface area contributed by atoms with Crippen molar-refractivity contribution in [3.8, 4) is 5.75 Å². The normalized spacial score (nSPS) is 9.50. The van der Waals surface area contributed by atoms with E-state index in [2.05, 4.69) is 5.32 Å². The lowest BCUT2D eigenvalue weighted by atomic mass is 10.3. The number of anilines is 1. The van der Waals surface area contributed by atoms with Crippen LogP contribution in [0.25, 0.3) is 0 Å². The van der Waals surface area contributed by atoms with Crippen LogP contribution in [0.15, 0.2) is 24.3 Å². The van der Waals surface area contributed by atoms with Gasteiger partial charge in [0.05, 0.1) is 18.7 Å². The van der Waals surface area contributed by atoms with Gasteiger partial charge in [0.15, 0.2) is 0 Å². The van der Waals surface area contributed by atoms with Crippen LogP contribution in [0.4, 0.5) is 5.69 Å². The Kier molecular flexibility index (Phi) is 3.79. The molecule has 0 atom stereocenters. The minimum Gasteiger partial charge on any atom is -0.491 e. The molecular formula is C10H14N2O2. The number of nitrogens with one attached hydrogen (secondary N) is 1. The predicted octanol–water partition coefficient (Wildman–Crippen LogP) is 0.982. The Hall–Kier alpha value is -1.71. The molecule has 1 aromatic carbocycles. The second-order valence-electron chi connectivity index (χ2n) is 2.81. The number of hydrogen-bond acceptors (Lipinski definition) is 3. The van der Waals surface area contributed by atoms with Crippen molar-refractivity contribution in [2.45, 2.75) is 6.42 Å². The molecule has 0 aromatic heterocycles. The molecular weight excluding hydrogens is 180 g/mol. The summed E-state index contributed by atoms with van der Waals surface area (Å²) < 4.78 is 5.38. The molecule has 0 unspecified atom stereocenters. The molecule has 1 aromatic rings. The molecule has 76 valence electrons. The maximum atomic E-state index is 10.5. The number of benzene rings is 1. The summed E-state index contributed by atoms with van der Waals surface area (Å²) in [6, 6.07) is 7.53. The van der Waals surface area contributed by atoms with E-state index in [0.29, 0.717) is 6.61 Å². The molecule has 0 bridgehead atoms. The summed E-state index contributed by atoms with van der Waals surface area (Å²) in [5, 5.41) is 2.99. The Labute approximate surface area is 83.1 Å². The Morgan fingerprint density at radius 2 is 2.21 bits per heavy atom. The van der Waals surface area contributed by atoms with Crippen molar-refractivity contribution < 1.29 is 9.53 Å². The van der Waals surface area contributed by atoms with E-state index in [-0.39, 0.29) is 12.3 Å². The van der Waals surface area contributed by atoms with Gasteiger partial charge in [0.2, 0.25) is 5.91 Å². The predicted molar refractivity (Wildman–Crippen MR) is 55.3 cm³/mol. The Morgan fingerprint density at radius 1 is 1.50 bits per heavy atom. The molecule has 4 heteroatoms. The van der Waals surface area contributed by atoms with E-state index in [0.717, 1.165) is 11.4 Å². The summed E-state index contributed by atoms with van der Waals surface area (Å²) in [5.41, 5.74) is 5.89. The van der Waals surface area contributed by atoms with E-state index < -0.39 is 0 Å². The Bertz CT molecular complexity index is 313. The van der Waals surface area contributed by atoms with Crippen molar-refractivity contribution in [3.05, 3.63) is 24.3 Å². The summed E-state index contributed by atoms with van der Waals surface area (Å²) in [6.07, 6.45) is 0.234. The quantitative estimate of drug-likeness (QED) is 0.734.